The first kappa shape index (κ1) is 17.2. The van der Waals surface area contributed by atoms with Crippen molar-refractivity contribution in [2.24, 2.45) is 11.0 Å². The number of nitrogens with zero attached hydrogens (tertiary/aromatic N) is 3. The summed E-state index contributed by atoms with van der Waals surface area (Å²) in [5.74, 6) is 0.257. The van der Waals surface area contributed by atoms with Gasteiger partial charge in [0.1, 0.15) is 0 Å². The predicted octanol–water partition coefficient (Wildman–Crippen LogP) is 3.63. The molecule has 5 nitrogen and oxygen atoms in total. The van der Waals surface area contributed by atoms with Crippen molar-refractivity contribution in [3.8, 4) is 0 Å². The van der Waals surface area contributed by atoms with Gasteiger partial charge in [0.15, 0.2) is 5.78 Å². The van der Waals surface area contributed by atoms with E-state index in [1.54, 1.807) is 0 Å². The fourth-order valence-corrected chi connectivity index (χ4v) is 2.18. The van der Waals surface area contributed by atoms with Crippen molar-refractivity contribution in [2.45, 2.75) is 52.7 Å². The minimum Gasteiger partial charge on any atom is -0.305 e. The van der Waals surface area contributed by atoms with Crippen LogP contribution in [0.5, 0.6) is 0 Å². The van der Waals surface area contributed by atoms with Gasteiger partial charge >= 0.3 is 0 Å². The molecular weight excluding hydrogens is 264 g/mol. The summed E-state index contributed by atoms with van der Waals surface area (Å²) in [6.45, 7) is 8.31. The molecular formula is C16H24N4O. The Labute approximate surface area is 126 Å². The maximum Gasteiger partial charge on any atom is 0.152 e. The molecule has 1 aromatic carbocycles. The average Bonchev–Trinajstić information content (AvgIpc) is 2.44. The third-order valence-electron chi connectivity index (χ3n) is 3.23. The van der Waals surface area contributed by atoms with Crippen LogP contribution < -0.4 is 5.32 Å². The largest absolute Gasteiger partial charge is 0.305 e. The molecule has 0 aliphatic heterocycles. The fourth-order valence-electron chi connectivity index (χ4n) is 2.18. The van der Waals surface area contributed by atoms with Crippen LogP contribution in [0.25, 0.3) is 10.4 Å². The Balaban J connectivity index is 2.78. The molecule has 0 spiro atoms. The average molecular weight is 288 g/mol. The van der Waals surface area contributed by atoms with Gasteiger partial charge in [-0.15, -0.1) is 0 Å². The molecule has 0 aliphatic rings. The normalized spacial score (nSPS) is 12.3. The van der Waals surface area contributed by atoms with Gasteiger partial charge in [0.05, 0.1) is 12.6 Å². The number of ketones is 1. The van der Waals surface area contributed by atoms with Gasteiger partial charge in [0, 0.05) is 16.9 Å². The van der Waals surface area contributed by atoms with E-state index in [-0.39, 0.29) is 23.8 Å². The molecule has 0 aliphatic carbocycles. The number of benzene rings is 1. The zero-order chi connectivity index (χ0) is 15.8. The number of hydrogen-bond donors (Lipinski definition) is 1. The Hall–Kier alpha value is -1.84. The van der Waals surface area contributed by atoms with Gasteiger partial charge in [-0.25, -0.2) is 0 Å². The summed E-state index contributed by atoms with van der Waals surface area (Å²) in [4.78, 5) is 15.0. The van der Waals surface area contributed by atoms with Crippen LogP contribution in [0.15, 0.2) is 29.4 Å². The summed E-state index contributed by atoms with van der Waals surface area (Å²) in [7, 11) is 0. The summed E-state index contributed by atoms with van der Waals surface area (Å²) in [5, 5.41) is 6.88. The first-order valence-corrected chi connectivity index (χ1v) is 7.32. The first-order valence-electron chi connectivity index (χ1n) is 7.32. The quantitative estimate of drug-likeness (QED) is 0.450. The SMILES string of the molecule is CC(C)N[C@@H](Cc1ccc(CN=[N+]=[N-])cc1)C(=O)C(C)C. The molecule has 0 saturated carbocycles. The number of nitrogens with one attached hydrogen (secondary N) is 1. The van der Waals surface area contributed by atoms with Crippen molar-refractivity contribution < 1.29 is 4.79 Å². The highest BCUT2D eigenvalue weighted by molar-refractivity contribution is 5.86. The third-order valence-corrected chi connectivity index (χ3v) is 3.23. The van der Waals surface area contributed by atoms with Gasteiger partial charge < -0.3 is 5.32 Å². The first-order chi connectivity index (χ1) is 9.93. The highest BCUT2D eigenvalue weighted by Crippen LogP contribution is 2.11. The molecule has 114 valence electrons. The van der Waals surface area contributed by atoms with Crippen molar-refractivity contribution >= 4 is 5.78 Å². The minimum absolute atomic E-state index is 0.0190. The van der Waals surface area contributed by atoms with E-state index in [1.165, 1.54) is 0 Å². The van der Waals surface area contributed by atoms with Crippen LogP contribution >= 0.6 is 0 Å². The van der Waals surface area contributed by atoms with Crippen molar-refractivity contribution in [1.82, 2.24) is 5.32 Å². The number of hydrogen-bond acceptors (Lipinski definition) is 3. The Morgan fingerprint density at radius 1 is 1.19 bits per heavy atom. The van der Waals surface area contributed by atoms with E-state index in [0.29, 0.717) is 13.0 Å². The monoisotopic (exact) mass is 288 g/mol. The van der Waals surface area contributed by atoms with Crippen LogP contribution in [-0.4, -0.2) is 17.9 Å². The molecule has 1 atom stereocenters. The molecule has 0 heterocycles. The molecule has 1 rings (SSSR count). The van der Waals surface area contributed by atoms with Gasteiger partial charge in [-0.3, -0.25) is 4.79 Å². The fraction of sp³-hybridized carbons (Fsp3) is 0.562. The van der Waals surface area contributed by atoms with Crippen LogP contribution in [0, 0.1) is 5.92 Å². The van der Waals surface area contributed by atoms with Crippen molar-refractivity contribution in [1.29, 1.82) is 0 Å². The second-order valence-electron chi connectivity index (χ2n) is 5.84. The summed E-state index contributed by atoms with van der Waals surface area (Å²) < 4.78 is 0. The van der Waals surface area contributed by atoms with Crippen LogP contribution in [-0.2, 0) is 17.8 Å². The van der Waals surface area contributed by atoms with E-state index in [4.69, 9.17) is 5.53 Å². The maximum absolute atomic E-state index is 12.3. The van der Waals surface area contributed by atoms with E-state index < -0.39 is 0 Å². The molecule has 0 fully saturated rings. The van der Waals surface area contributed by atoms with Crippen LogP contribution in [0.2, 0.25) is 0 Å². The number of azide groups is 1. The molecule has 1 aromatic rings. The molecule has 0 bridgehead atoms. The summed E-state index contributed by atoms with van der Waals surface area (Å²) in [6, 6.07) is 7.97. The standard InChI is InChI=1S/C16H24N4O/c1-11(2)16(21)15(19-12(3)4)9-13-5-7-14(8-6-13)10-18-20-17/h5-8,11-12,15,19H,9-10H2,1-4H3/t15-/m0/s1. The Bertz CT molecular complexity index is 502. The molecule has 5 heteroatoms. The number of carbonyl (C=O) groups excluding carboxylic acids is 1. The van der Waals surface area contributed by atoms with Gasteiger partial charge in [-0.05, 0) is 23.1 Å². The minimum atomic E-state index is -0.159. The van der Waals surface area contributed by atoms with Gasteiger partial charge in [-0.2, -0.15) is 0 Å². The molecule has 0 aromatic heterocycles. The summed E-state index contributed by atoms with van der Waals surface area (Å²) in [6.07, 6.45) is 0.678. The van der Waals surface area contributed by atoms with Crippen molar-refractivity contribution in [2.75, 3.05) is 0 Å². The van der Waals surface area contributed by atoms with E-state index in [9.17, 15) is 4.79 Å². The Morgan fingerprint density at radius 3 is 2.24 bits per heavy atom. The number of carbonyl (C=O) groups is 1. The molecule has 0 amide bonds. The maximum atomic E-state index is 12.3. The third kappa shape index (κ3) is 5.98. The van der Waals surface area contributed by atoms with Crippen molar-refractivity contribution in [3.05, 3.63) is 45.8 Å². The smallest absolute Gasteiger partial charge is 0.152 e. The van der Waals surface area contributed by atoms with Gasteiger partial charge in [-0.1, -0.05) is 57.1 Å². The lowest BCUT2D eigenvalue weighted by molar-refractivity contribution is -0.124. The highest BCUT2D eigenvalue weighted by Gasteiger charge is 2.21. The van der Waals surface area contributed by atoms with E-state index in [2.05, 4.69) is 15.3 Å². The summed E-state index contributed by atoms with van der Waals surface area (Å²) >= 11 is 0. The van der Waals surface area contributed by atoms with E-state index in [0.717, 1.165) is 11.1 Å². The molecule has 0 radical (unpaired) electrons. The molecule has 21 heavy (non-hydrogen) atoms. The Morgan fingerprint density at radius 2 is 1.76 bits per heavy atom. The van der Waals surface area contributed by atoms with Gasteiger partial charge in [0.2, 0.25) is 0 Å². The topological polar surface area (TPSA) is 77.9 Å². The van der Waals surface area contributed by atoms with Gasteiger partial charge in [0.25, 0.3) is 0 Å². The lowest BCUT2D eigenvalue weighted by Crippen LogP contribution is -2.44. The van der Waals surface area contributed by atoms with Crippen molar-refractivity contribution in [3.63, 3.8) is 0 Å². The van der Waals surface area contributed by atoms with Crippen LogP contribution in [0.3, 0.4) is 0 Å². The molecule has 1 N–H and O–H groups in total. The Kier molecular flexibility index (Phi) is 6.92. The lowest BCUT2D eigenvalue weighted by atomic mass is 9.95. The zero-order valence-electron chi connectivity index (χ0n) is 13.2. The van der Waals surface area contributed by atoms with Crippen LogP contribution in [0.4, 0.5) is 0 Å². The summed E-state index contributed by atoms with van der Waals surface area (Å²) in [5.41, 5.74) is 10.4. The molecule has 0 unspecified atom stereocenters. The second kappa shape index (κ2) is 8.45. The lowest BCUT2D eigenvalue weighted by Gasteiger charge is -2.22. The zero-order valence-corrected chi connectivity index (χ0v) is 13.2. The second-order valence-corrected chi connectivity index (χ2v) is 5.84. The number of rotatable bonds is 8. The van der Waals surface area contributed by atoms with E-state index >= 15 is 0 Å². The van der Waals surface area contributed by atoms with Crippen LogP contribution in [0.1, 0.15) is 38.8 Å². The van der Waals surface area contributed by atoms with E-state index in [1.807, 2.05) is 52.0 Å². The highest BCUT2D eigenvalue weighted by atomic mass is 16.1. The number of Topliss-reactive ketones (excluding diaryl/α,β-unsaturated/α-hetero) is 1. The molecule has 0 saturated heterocycles. The predicted molar refractivity (Wildman–Crippen MR) is 84.9 cm³/mol.